The van der Waals surface area contributed by atoms with Gasteiger partial charge in [0.15, 0.2) is 5.11 Å². The molecule has 0 spiro atoms. The van der Waals surface area contributed by atoms with Crippen LogP contribution in [0.5, 0.6) is 0 Å². The Hall–Kier alpha value is -1.71. The molecular weight excluding hydrogens is 430 g/mol. The van der Waals surface area contributed by atoms with E-state index < -0.39 is 10.0 Å². The Bertz CT molecular complexity index is 992. The van der Waals surface area contributed by atoms with Gasteiger partial charge in [-0.2, -0.15) is 4.31 Å². The van der Waals surface area contributed by atoms with Gasteiger partial charge < -0.3 is 15.0 Å². The summed E-state index contributed by atoms with van der Waals surface area (Å²) in [5.41, 5.74) is 2.53. The Kier molecular flexibility index (Phi) is 7.13. The molecule has 2 aromatic rings. The smallest absolute Gasteiger partial charge is 0.243 e. The lowest BCUT2D eigenvalue weighted by molar-refractivity contribution is 0.0730. The van der Waals surface area contributed by atoms with Crippen LogP contribution in [0.25, 0.3) is 0 Å². The Balaban J connectivity index is 1.86. The van der Waals surface area contributed by atoms with Crippen LogP contribution in [0.4, 0.5) is 11.4 Å². The highest BCUT2D eigenvalue weighted by atomic mass is 35.5. The van der Waals surface area contributed by atoms with Gasteiger partial charge in [-0.15, -0.1) is 0 Å². The summed E-state index contributed by atoms with van der Waals surface area (Å²) in [4.78, 5) is 2.12. The number of morpholine rings is 1. The molecule has 0 aliphatic carbocycles. The summed E-state index contributed by atoms with van der Waals surface area (Å²) in [5.74, 6) is 0. The van der Waals surface area contributed by atoms with Crippen molar-refractivity contribution >= 4 is 50.3 Å². The van der Waals surface area contributed by atoms with Crippen LogP contribution in [0.2, 0.25) is 5.02 Å². The quantitative estimate of drug-likeness (QED) is 0.693. The minimum absolute atomic E-state index is 0.174. The highest BCUT2D eigenvalue weighted by molar-refractivity contribution is 7.89. The summed E-state index contributed by atoms with van der Waals surface area (Å²) in [6.07, 6.45) is 0. The summed E-state index contributed by atoms with van der Waals surface area (Å²) in [6.45, 7) is 6.13. The van der Waals surface area contributed by atoms with Gasteiger partial charge in [-0.3, -0.25) is 0 Å². The van der Waals surface area contributed by atoms with E-state index in [1.165, 1.54) is 16.4 Å². The molecule has 1 N–H and O–H groups in total. The lowest BCUT2D eigenvalue weighted by Gasteiger charge is -2.27. The van der Waals surface area contributed by atoms with E-state index in [4.69, 9.17) is 28.6 Å². The molecule has 1 aliphatic rings. The molecule has 1 aliphatic heterocycles. The van der Waals surface area contributed by atoms with Crippen LogP contribution in [0.15, 0.2) is 47.4 Å². The third kappa shape index (κ3) is 4.90. The summed E-state index contributed by atoms with van der Waals surface area (Å²) in [5, 5.41) is 3.97. The van der Waals surface area contributed by atoms with Gasteiger partial charge in [0.05, 0.1) is 28.8 Å². The molecule has 156 valence electrons. The predicted octanol–water partition coefficient (Wildman–Crippen LogP) is 3.89. The molecule has 0 saturated carbocycles. The second kappa shape index (κ2) is 9.40. The highest BCUT2D eigenvalue weighted by Crippen LogP contribution is 2.28. The van der Waals surface area contributed by atoms with Crippen LogP contribution < -0.4 is 10.2 Å². The Morgan fingerprint density at radius 2 is 1.93 bits per heavy atom. The summed E-state index contributed by atoms with van der Waals surface area (Å²) in [6, 6.07) is 12.6. The van der Waals surface area contributed by atoms with Gasteiger partial charge in [0, 0.05) is 25.3 Å². The van der Waals surface area contributed by atoms with Crippen molar-refractivity contribution in [2.45, 2.75) is 18.7 Å². The van der Waals surface area contributed by atoms with Gasteiger partial charge >= 0.3 is 0 Å². The molecule has 6 nitrogen and oxygen atoms in total. The van der Waals surface area contributed by atoms with Gasteiger partial charge in [-0.1, -0.05) is 29.8 Å². The fraction of sp³-hybridized carbons (Fsp3) is 0.350. The van der Waals surface area contributed by atoms with Crippen LogP contribution in [-0.4, -0.2) is 50.7 Å². The number of sulfonamides is 1. The van der Waals surface area contributed by atoms with Gasteiger partial charge in [0.2, 0.25) is 10.0 Å². The number of hydrogen-bond acceptors (Lipinski definition) is 4. The maximum Gasteiger partial charge on any atom is 0.243 e. The van der Waals surface area contributed by atoms with E-state index >= 15 is 0 Å². The highest BCUT2D eigenvalue weighted by Gasteiger charge is 2.27. The first-order chi connectivity index (χ1) is 13.8. The Labute approximate surface area is 182 Å². The van der Waals surface area contributed by atoms with Crippen molar-refractivity contribution in [3.63, 3.8) is 0 Å². The summed E-state index contributed by atoms with van der Waals surface area (Å²) in [7, 11) is -3.62. The summed E-state index contributed by atoms with van der Waals surface area (Å²) >= 11 is 11.9. The van der Waals surface area contributed by atoms with Crippen molar-refractivity contribution in [2.75, 3.05) is 43.1 Å². The number of aryl methyl sites for hydroxylation is 1. The average Bonchev–Trinajstić information content (AvgIpc) is 2.72. The van der Waals surface area contributed by atoms with Crippen LogP contribution in [0.3, 0.4) is 0 Å². The van der Waals surface area contributed by atoms with Crippen molar-refractivity contribution in [3.05, 3.63) is 53.1 Å². The first-order valence-electron chi connectivity index (χ1n) is 9.36. The second-order valence-corrected chi connectivity index (χ2v) is 9.35. The number of nitrogens with one attached hydrogen (secondary N) is 1. The summed E-state index contributed by atoms with van der Waals surface area (Å²) < 4.78 is 32.6. The first kappa shape index (κ1) is 22.0. The van der Waals surface area contributed by atoms with Crippen molar-refractivity contribution in [3.8, 4) is 0 Å². The molecule has 9 heteroatoms. The minimum atomic E-state index is -3.62. The molecule has 3 rings (SSSR count). The number of anilines is 2. The van der Waals surface area contributed by atoms with Gasteiger partial charge in [-0.05, 0) is 55.9 Å². The standard InChI is InChI=1S/C20H24ClN3O3S2/c1-3-24(19-7-5-4-6-15(19)2)20(28)22-18-14-16(8-9-17(18)21)29(25,26)23-10-12-27-13-11-23/h4-9,14H,3,10-13H2,1-2H3,(H,22,28). The first-order valence-corrected chi connectivity index (χ1v) is 11.6. The molecule has 0 unspecified atom stereocenters. The van der Waals surface area contributed by atoms with Crippen molar-refractivity contribution < 1.29 is 13.2 Å². The predicted molar refractivity (Wildman–Crippen MR) is 121 cm³/mol. The zero-order valence-corrected chi connectivity index (χ0v) is 18.8. The van der Waals surface area contributed by atoms with E-state index in [-0.39, 0.29) is 4.90 Å². The van der Waals surface area contributed by atoms with E-state index in [2.05, 4.69) is 5.32 Å². The lowest BCUT2D eigenvalue weighted by Crippen LogP contribution is -2.40. The number of benzene rings is 2. The zero-order valence-electron chi connectivity index (χ0n) is 16.4. The van der Waals surface area contributed by atoms with Crippen LogP contribution in [0, 0.1) is 6.92 Å². The lowest BCUT2D eigenvalue weighted by atomic mass is 10.2. The SMILES string of the molecule is CCN(C(=S)Nc1cc(S(=O)(=O)N2CCOCC2)ccc1Cl)c1ccccc1C. The fourth-order valence-electron chi connectivity index (χ4n) is 3.17. The molecule has 0 radical (unpaired) electrons. The molecule has 1 saturated heterocycles. The molecule has 0 atom stereocenters. The van der Waals surface area contributed by atoms with E-state index in [0.29, 0.717) is 48.7 Å². The molecule has 1 heterocycles. The normalized spacial score (nSPS) is 15.1. The molecule has 0 aromatic heterocycles. The fourth-order valence-corrected chi connectivity index (χ4v) is 5.11. The van der Waals surface area contributed by atoms with E-state index in [0.717, 1.165) is 11.3 Å². The number of nitrogens with zero attached hydrogens (tertiary/aromatic N) is 2. The number of rotatable bonds is 5. The number of hydrogen-bond donors (Lipinski definition) is 1. The molecule has 0 amide bonds. The van der Waals surface area contributed by atoms with E-state index in [1.807, 2.05) is 43.0 Å². The average molecular weight is 454 g/mol. The van der Waals surface area contributed by atoms with E-state index in [1.54, 1.807) is 6.07 Å². The zero-order chi connectivity index (χ0) is 21.0. The monoisotopic (exact) mass is 453 g/mol. The van der Waals surface area contributed by atoms with Gasteiger partial charge in [0.1, 0.15) is 0 Å². The Morgan fingerprint density at radius 1 is 1.24 bits per heavy atom. The van der Waals surface area contributed by atoms with Gasteiger partial charge in [-0.25, -0.2) is 8.42 Å². The van der Waals surface area contributed by atoms with E-state index in [9.17, 15) is 8.42 Å². The van der Waals surface area contributed by atoms with Crippen molar-refractivity contribution in [2.24, 2.45) is 0 Å². The molecule has 2 aromatic carbocycles. The van der Waals surface area contributed by atoms with Crippen LogP contribution in [0.1, 0.15) is 12.5 Å². The van der Waals surface area contributed by atoms with Crippen LogP contribution in [-0.2, 0) is 14.8 Å². The second-order valence-electron chi connectivity index (χ2n) is 6.62. The van der Waals surface area contributed by atoms with Crippen molar-refractivity contribution in [1.29, 1.82) is 0 Å². The minimum Gasteiger partial charge on any atom is -0.379 e. The van der Waals surface area contributed by atoms with Crippen molar-refractivity contribution in [1.82, 2.24) is 4.31 Å². The van der Waals surface area contributed by atoms with Crippen LogP contribution >= 0.6 is 23.8 Å². The maximum atomic E-state index is 12.9. The largest absolute Gasteiger partial charge is 0.379 e. The third-order valence-corrected chi connectivity index (χ3v) is 7.30. The third-order valence-electron chi connectivity index (χ3n) is 4.75. The number of halogens is 1. The number of ether oxygens (including phenoxy) is 1. The number of thiocarbonyl (C=S) groups is 1. The Morgan fingerprint density at radius 3 is 2.59 bits per heavy atom. The molecular formula is C20H24ClN3O3S2. The number of para-hydroxylation sites is 1. The van der Waals surface area contributed by atoms with Gasteiger partial charge in [0.25, 0.3) is 0 Å². The molecule has 29 heavy (non-hydrogen) atoms. The maximum absolute atomic E-state index is 12.9. The molecule has 0 bridgehead atoms. The molecule has 1 fully saturated rings. The topological polar surface area (TPSA) is 61.9 Å².